The highest BCUT2D eigenvalue weighted by Gasteiger charge is 2.22. The van der Waals surface area contributed by atoms with Crippen LogP contribution in [0, 0.1) is 11.7 Å². The number of rotatable bonds is 6. The highest BCUT2D eigenvalue weighted by Crippen LogP contribution is 2.29. The fourth-order valence-corrected chi connectivity index (χ4v) is 2.71. The average Bonchev–Trinajstić information content (AvgIpc) is 2.97. The molecule has 0 unspecified atom stereocenters. The molecule has 5 nitrogen and oxygen atoms in total. The minimum absolute atomic E-state index is 0.0288. The molecule has 1 aromatic heterocycles. The molecule has 1 heterocycles. The first-order valence-electron chi connectivity index (χ1n) is 6.92. The monoisotopic (exact) mass is 323 g/mol. The van der Waals surface area contributed by atoms with Crippen LogP contribution in [0.15, 0.2) is 24.3 Å². The molecule has 0 radical (unpaired) electrons. The normalized spacial score (nSPS) is 11.0. The largest absolute Gasteiger partial charge is 0.383 e. The van der Waals surface area contributed by atoms with Crippen LogP contribution in [0.2, 0.25) is 0 Å². The lowest BCUT2D eigenvalue weighted by molar-refractivity contribution is -0.121. The van der Waals surface area contributed by atoms with Gasteiger partial charge in [-0.15, -0.1) is 10.2 Å². The van der Waals surface area contributed by atoms with Crippen LogP contribution in [0.1, 0.15) is 13.8 Å². The molecule has 22 heavy (non-hydrogen) atoms. The predicted molar refractivity (Wildman–Crippen MR) is 84.4 cm³/mol. The molecule has 0 bridgehead atoms. The fraction of sp³-hybridized carbons (Fsp3) is 0.400. The van der Waals surface area contributed by atoms with E-state index in [9.17, 15) is 9.18 Å². The van der Waals surface area contributed by atoms with Crippen LogP contribution >= 0.6 is 11.3 Å². The van der Waals surface area contributed by atoms with E-state index in [1.54, 1.807) is 24.1 Å². The number of carbonyl (C=O) groups is 1. The highest BCUT2D eigenvalue weighted by molar-refractivity contribution is 7.18. The molecule has 0 saturated heterocycles. The van der Waals surface area contributed by atoms with Crippen molar-refractivity contribution in [1.29, 1.82) is 0 Å². The maximum atomic E-state index is 13.0. The van der Waals surface area contributed by atoms with Crippen LogP contribution < -0.4 is 4.90 Å². The lowest BCUT2D eigenvalue weighted by atomic mass is 10.2. The van der Waals surface area contributed by atoms with Gasteiger partial charge in [0.05, 0.1) is 13.2 Å². The maximum Gasteiger partial charge on any atom is 0.231 e. The number of methoxy groups -OCH3 is 1. The molecular weight excluding hydrogens is 305 g/mol. The SMILES string of the molecule is COCCN(C(=O)C(C)C)c1nnc(-c2ccc(F)cc2)s1. The third kappa shape index (κ3) is 3.86. The van der Waals surface area contributed by atoms with Gasteiger partial charge in [-0.1, -0.05) is 25.2 Å². The van der Waals surface area contributed by atoms with Crippen LogP contribution in [0.3, 0.4) is 0 Å². The Morgan fingerprint density at radius 3 is 2.59 bits per heavy atom. The van der Waals surface area contributed by atoms with Gasteiger partial charge >= 0.3 is 0 Å². The summed E-state index contributed by atoms with van der Waals surface area (Å²) < 4.78 is 18.0. The Balaban J connectivity index is 2.25. The number of hydrogen-bond acceptors (Lipinski definition) is 5. The van der Waals surface area contributed by atoms with Gasteiger partial charge in [0.15, 0.2) is 0 Å². The molecule has 1 amide bonds. The smallest absolute Gasteiger partial charge is 0.231 e. The molecular formula is C15H18FN3O2S. The summed E-state index contributed by atoms with van der Waals surface area (Å²) in [6.07, 6.45) is 0. The van der Waals surface area contributed by atoms with Crippen molar-refractivity contribution < 1.29 is 13.9 Å². The molecule has 0 N–H and O–H groups in total. The number of amides is 1. The van der Waals surface area contributed by atoms with Gasteiger partial charge in [-0.3, -0.25) is 9.69 Å². The zero-order valence-corrected chi connectivity index (χ0v) is 13.6. The first-order valence-corrected chi connectivity index (χ1v) is 7.74. The van der Waals surface area contributed by atoms with E-state index in [-0.39, 0.29) is 17.6 Å². The number of anilines is 1. The number of aromatic nitrogens is 2. The Morgan fingerprint density at radius 1 is 1.32 bits per heavy atom. The number of ether oxygens (including phenoxy) is 1. The van der Waals surface area contributed by atoms with E-state index < -0.39 is 0 Å². The molecule has 7 heteroatoms. The first kappa shape index (κ1) is 16.5. The van der Waals surface area contributed by atoms with Crippen LogP contribution in [-0.2, 0) is 9.53 Å². The molecule has 0 aliphatic heterocycles. The summed E-state index contributed by atoms with van der Waals surface area (Å²) in [6.45, 7) is 4.52. The Hall–Kier alpha value is -1.86. The van der Waals surface area contributed by atoms with Gasteiger partial charge in [-0.05, 0) is 24.3 Å². The average molecular weight is 323 g/mol. The van der Waals surface area contributed by atoms with Gasteiger partial charge < -0.3 is 4.74 Å². The van der Waals surface area contributed by atoms with Gasteiger partial charge in [0.1, 0.15) is 10.8 Å². The lowest BCUT2D eigenvalue weighted by Gasteiger charge is -2.20. The second-order valence-corrected chi connectivity index (χ2v) is 5.99. The summed E-state index contributed by atoms with van der Waals surface area (Å²) >= 11 is 1.30. The van der Waals surface area contributed by atoms with E-state index in [4.69, 9.17) is 4.74 Å². The van der Waals surface area contributed by atoms with Crippen molar-refractivity contribution >= 4 is 22.4 Å². The Bertz CT molecular complexity index is 628. The number of halogens is 1. The third-order valence-corrected chi connectivity index (χ3v) is 4.01. The van der Waals surface area contributed by atoms with Crippen molar-refractivity contribution in [3.05, 3.63) is 30.1 Å². The van der Waals surface area contributed by atoms with Gasteiger partial charge in [0.2, 0.25) is 11.0 Å². The predicted octanol–water partition coefficient (Wildman–Crippen LogP) is 2.98. The third-order valence-electron chi connectivity index (χ3n) is 3.02. The van der Waals surface area contributed by atoms with E-state index in [0.717, 1.165) is 5.56 Å². The highest BCUT2D eigenvalue weighted by atomic mass is 32.1. The first-order chi connectivity index (χ1) is 10.5. The Morgan fingerprint density at radius 2 is 2.00 bits per heavy atom. The molecule has 118 valence electrons. The summed E-state index contributed by atoms with van der Waals surface area (Å²) in [6, 6.07) is 6.03. The molecule has 0 aliphatic carbocycles. The zero-order chi connectivity index (χ0) is 16.1. The number of nitrogens with zero attached hydrogens (tertiary/aromatic N) is 3. The molecule has 0 spiro atoms. The zero-order valence-electron chi connectivity index (χ0n) is 12.7. The van der Waals surface area contributed by atoms with Crippen molar-refractivity contribution in [2.75, 3.05) is 25.2 Å². The number of carbonyl (C=O) groups excluding carboxylic acids is 1. The second kappa shape index (κ2) is 7.42. The molecule has 1 aromatic carbocycles. The molecule has 2 rings (SSSR count). The van der Waals surface area contributed by atoms with E-state index in [1.165, 1.54) is 23.5 Å². The summed E-state index contributed by atoms with van der Waals surface area (Å²) in [7, 11) is 1.59. The van der Waals surface area contributed by atoms with Gasteiger partial charge in [-0.2, -0.15) is 0 Å². The molecule has 0 fully saturated rings. The Kier molecular flexibility index (Phi) is 5.57. The van der Waals surface area contributed by atoms with E-state index in [1.807, 2.05) is 13.8 Å². The summed E-state index contributed by atoms with van der Waals surface area (Å²) in [4.78, 5) is 13.9. The minimum Gasteiger partial charge on any atom is -0.383 e. The number of hydrogen-bond donors (Lipinski definition) is 0. The lowest BCUT2D eigenvalue weighted by Crippen LogP contribution is -2.36. The van der Waals surface area contributed by atoms with Crippen molar-refractivity contribution in [2.24, 2.45) is 5.92 Å². The molecule has 0 saturated carbocycles. The minimum atomic E-state index is -0.301. The van der Waals surface area contributed by atoms with E-state index >= 15 is 0 Å². The topological polar surface area (TPSA) is 55.3 Å². The molecule has 2 aromatic rings. The van der Waals surface area contributed by atoms with Crippen LogP contribution in [0.5, 0.6) is 0 Å². The van der Waals surface area contributed by atoms with Crippen LogP contribution in [0.25, 0.3) is 10.6 Å². The Labute approximate surface area is 132 Å². The maximum absolute atomic E-state index is 13.0. The van der Waals surface area contributed by atoms with E-state index in [2.05, 4.69) is 10.2 Å². The molecule has 0 atom stereocenters. The second-order valence-electron chi connectivity index (χ2n) is 5.03. The quantitative estimate of drug-likeness (QED) is 0.820. The van der Waals surface area contributed by atoms with E-state index in [0.29, 0.717) is 23.3 Å². The van der Waals surface area contributed by atoms with Crippen LogP contribution in [0.4, 0.5) is 9.52 Å². The van der Waals surface area contributed by atoms with Crippen molar-refractivity contribution in [3.63, 3.8) is 0 Å². The number of benzene rings is 1. The fourth-order valence-electron chi connectivity index (χ4n) is 1.83. The van der Waals surface area contributed by atoms with Crippen molar-refractivity contribution in [2.45, 2.75) is 13.8 Å². The van der Waals surface area contributed by atoms with Crippen LogP contribution in [-0.4, -0.2) is 36.4 Å². The van der Waals surface area contributed by atoms with Crippen molar-refractivity contribution in [1.82, 2.24) is 10.2 Å². The summed E-state index contributed by atoms with van der Waals surface area (Å²) in [5.74, 6) is -0.473. The summed E-state index contributed by atoms with van der Waals surface area (Å²) in [5.41, 5.74) is 0.772. The van der Waals surface area contributed by atoms with Crippen molar-refractivity contribution in [3.8, 4) is 10.6 Å². The summed E-state index contributed by atoms with van der Waals surface area (Å²) in [5, 5.41) is 9.36. The van der Waals surface area contributed by atoms with Gasteiger partial charge in [0.25, 0.3) is 0 Å². The van der Waals surface area contributed by atoms with Gasteiger partial charge in [0, 0.05) is 18.6 Å². The standard InChI is InChI=1S/C15H18FN3O2S/c1-10(2)14(20)19(8-9-21-3)15-18-17-13(22-15)11-4-6-12(16)7-5-11/h4-7,10H,8-9H2,1-3H3. The molecule has 0 aliphatic rings. The van der Waals surface area contributed by atoms with Gasteiger partial charge in [-0.25, -0.2) is 4.39 Å².